The SMILES string of the molecule is CC(C)COC(=O)NCc1cc(C(C)C)c2c(c1O)C(=O)[C@@H]1C(O)[C@@]3(O)C(=O)[C@H](C(N)=O)C(O)[C@H](C(C)C)[C@@]3(C)C[C@@]1(C)C2. The van der Waals surface area contributed by atoms with E-state index in [1.807, 2.05) is 34.6 Å². The van der Waals surface area contributed by atoms with Crippen molar-refractivity contribution < 1.29 is 44.3 Å². The highest BCUT2D eigenvalue weighted by Crippen LogP contribution is 2.66. The first-order valence-corrected chi connectivity index (χ1v) is 15.5. The third kappa shape index (κ3) is 4.91. The van der Waals surface area contributed by atoms with Crippen molar-refractivity contribution >= 4 is 23.6 Å². The molecule has 2 amide bonds. The summed E-state index contributed by atoms with van der Waals surface area (Å²) < 4.78 is 5.17. The van der Waals surface area contributed by atoms with Crippen molar-refractivity contribution in [3.05, 3.63) is 28.3 Å². The van der Waals surface area contributed by atoms with Crippen molar-refractivity contribution in [1.29, 1.82) is 0 Å². The highest BCUT2D eigenvalue weighted by molar-refractivity contribution is 6.09. The molecule has 0 spiro atoms. The molecule has 11 heteroatoms. The number of Topliss-reactive ketones (excluding diaryl/α,β-unsaturated/α-hetero) is 2. The van der Waals surface area contributed by atoms with Gasteiger partial charge in [0, 0.05) is 17.5 Å². The number of rotatable bonds is 7. The lowest BCUT2D eigenvalue weighted by Crippen LogP contribution is -2.79. The standard InChI is InChI=1S/C33H48N2O9/c1-14(2)12-44-30(42)35-11-17-9-18(15(3)4)19-10-31(7)13-32(8)22(16(5)6)26(38)21(29(34)41)27(39)33(32,43)28(40)23(31)25(37)20(19)24(17)36/h9,14-16,21-23,26,28,36,38,40,43H,10-13H2,1-8H3,(H2,34,41)(H,35,42)/t21-,22+,23-,26?,28?,31-,32-,33+/m1/s1. The number of nitrogens with one attached hydrogen (secondary N) is 1. The number of alkyl carbamates (subject to hydrolysis) is 1. The molecule has 0 aliphatic heterocycles. The van der Waals surface area contributed by atoms with Gasteiger partial charge in [-0.3, -0.25) is 14.4 Å². The number of ketones is 2. The fourth-order valence-corrected chi connectivity index (χ4v) is 8.80. The van der Waals surface area contributed by atoms with Gasteiger partial charge in [-0.2, -0.15) is 0 Å². The Morgan fingerprint density at radius 1 is 1.11 bits per heavy atom. The molecule has 1 aromatic rings. The van der Waals surface area contributed by atoms with E-state index >= 15 is 0 Å². The van der Waals surface area contributed by atoms with Gasteiger partial charge in [0.05, 0.1) is 24.2 Å². The van der Waals surface area contributed by atoms with E-state index in [0.29, 0.717) is 5.56 Å². The second-order valence-electron chi connectivity index (χ2n) is 14.8. The molecule has 2 fully saturated rings. The van der Waals surface area contributed by atoms with E-state index in [-0.39, 0.29) is 60.6 Å². The summed E-state index contributed by atoms with van der Waals surface area (Å²) in [7, 11) is 0. The number of aliphatic hydroxyl groups is 3. The van der Waals surface area contributed by atoms with Crippen LogP contribution in [0.25, 0.3) is 0 Å². The predicted octanol–water partition coefficient (Wildman–Crippen LogP) is 2.58. The van der Waals surface area contributed by atoms with Crippen molar-refractivity contribution in [2.45, 2.75) is 98.5 Å². The zero-order valence-electron chi connectivity index (χ0n) is 26.9. The highest BCUT2D eigenvalue weighted by Gasteiger charge is 2.76. The predicted molar refractivity (Wildman–Crippen MR) is 161 cm³/mol. The van der Waals surface area contributed by atoms with Crippen LogP contribution in [0.5, 0.6) is 5.75 Å². The molecule has 11 nitrogen and oxygen atoms in total. The van der Waals surface area contributed by atoms with Gasteiger partial charge < -0.3 is 36.2 Å². The van der Waals surface area contributed by atoms with Crippen LogP contribution in [0.15, 0.2) is 6.07 Å². The maximum absolute atomic E-state index is 14.5. The number of ether oxygens (including phenoxy) is 1. The summed E-state index contributed by atoms with van der Waals surface area (Å²) in [5.41, 5.74) is 2.20. The number of aliphatic hydroxyl groups excluding tert-OH is 2. The summed E-state index contributed by atoms with van der Waals surface area (Å²) in [6.07, 6.45) is -3.80. The molecule has 0 bridgehead atoms. The number of hydrogen-bond acceptors (Lipinski definition) is 9. The normalized spacial score (nSPS) is 34.9. The molecular formula is C33H48N2O9. The number of carbonyl (C=O) groups is 4. The molecule has 8 atom stereocenters. The van der Waals surface area contributed by atoms with Crippen LogP contribution in [0.2, 0.25) is 0 Å². The Morgan fingerprint density at radius 2 is 1.73 bits per heavy atom. The lowest BCUT2D eigenvalue weighted by molar-refractivity contribution is -0.265. The quantitative estimate of drug-likeness (QED) is 0.249. The topological polar surface area (TPSA) is 196 Å². The molecule has 3 aliphatic carbocycles. The minimum absolute atomic E-state index is 0.0209. The number of primary amides is 1. The first-order chi connectivity index (χ1) is 20.2. The molecule has 0 heterocycles. The van der Waals surface area contributed by atoms with Crippen molar-refractivity contribution in [2.75, 3.05) is 6.61 Å². The van der Waals surface area contributed by atoms with Crippen molar-refractivity contribution in [1.82, 2.24) is 5.32 Å². The van der Waals surface area contributed by atoms with Gasteiger partial charge in [-0.05, 0) is 59.1 Å². The number of aromatic hydroxyl groups is 1. The van der Waals surface area contributed by atoms with E-state index in [4.69, 9.17) is 10.5 Å². The number of phenolic OH excluding ortho intramolecular Hbond substituents is 1. The average Bonchev–Trinajstić information content (AvgIpc) is 2.88. The second kappa shape index (κ2) is 11.4. The zero-order valence-corrected chi connectivity index (χ0v) is 26.9. The van der Waals surface area contributed by atoms with Crippen LogP contribution in [0.3, 0.4) is 0 Å². The lowest BCUT2D eigenvalue weighted by atomic mass is 9.39. The summed E-state index contributed by atoms with van der Waals surface area (Å²) in [6.45, 7) is 14.8. The molecule has 244 valence electrons. The third-order valence-electron chi connectivity index (χ3n) is 10.5. The summed E-state index contributed by atoms with van der Waals surface area (Å²) in [4.78, 5) is 53.0. The van der Waals surface area contributed by atoms with Crippen molar-refractivity contribution in [3.63, 3.8) is 0 Å². The molecule has 0 radical (unpaired) electrons. The number of phenols is 1. The first kappa shape index (κ1) is 33.9. The smallest absolute Gasteiger partial charge is 0.407 e. The monoisotopic (exact) mass is 616 g/mol. The van der Waals surface area contributed by atoms with Gasteiger partial charge >= 0.3 is 6.09 Å². The summed E-state index contributed by atoms with van der Waals surface area (Å²) in [5, 5.41) is 49.6. The number of benzene rings is 1. The highest BCUT2D eigenvalue weighted by atomic mass is 16.5. The molecule has 4 rings (SSSR count). The third-order valence-corrected chi connectivity index (χ3v) is 10.5. The fourth-order valence-electron chi connectivity index (χ4n) is 8.80. The zero-order chi connectivity index (χ0) is 33.3. The Balaban J connectivity index is 1.86. The molecule has 0 saturated heterocycles. The van der Waals surface area contributed by atoms with Crippen molar-refractivity contribution in [2.24, 2.45) is 46.2 Å². The minimum atomic E-state index is -2.58. The van der Waals surface area contributed by atoms with Crippen LogP contribution >= 0.6 is 0 Å². The Hall–Kier alpha value is -3.02. The maximum Gasteiger partial charge on any atom is 0.407 e. The molecule has 2 saturated carbocycles. The number of fused-ring (bicyclic) bond motifs is 3. The second-order valence-corrected chi connectivity index (χ2v) is 14.8. The largest absolute Gasteiger partial charge is 0.507 e. The molecule has 1 aromatic carbocycles. The first-order valence-electron chi connectivity index (χ1n) is 15.5. The maximum atomic E-state index is 14.5. The molecule has 7 N–H and O–H groups in total. The van der Waals surface area contributed by atoms with Crippen LogP contribution in [-0.2, 0) is 27.3 Å². The minimum Gasteiger partial charge on any atom is -0.507 e. The van der Waals surface area contributed by atoms with Gasteiger partial charge in [0.25, 0.3) is 0 Å². The van der Waals surface area contributed by atoms with Crippen molar-refractivity contribution in [3.8, 4) is 5.75 Å². The molecule has 3 aliphatic rings. The fraction of sp³-hybridized carbons (Fsp3) is 0.697. The Labute approximate surface area is 258 Å². The van der Waals surface area contributed by atoms with Crippen LogP contribution in [0.1, 0.15) is 94.8 Å². The number of nitrogens with two attached hydrogens (primary N) is 1. The van der Waals surface area contributed by atoms with E-state index in [9.17, 15) is 39.6 Å². The van der Waals surface area contributed by atoms with Crippen LogP contribution < -0.4 is 11.1 Å². The van der Waals surface area contributed by atoms with E-state index < -0.39 is 70.0 Å². The van der Waals surface area contributed by atoms with Crippen LogP contribution in [0, 0.1) is 40.4 Å². The Bertz CT molecular complexity index is 1370. The van der Waals surface area contributed by atoms with Gasteiger partial charge in [0.2, 0.25) is 5.91 Å². The Morgan fingerprint density at radius 3 is 2.25 bits per heavy atom. The molecule has 2 unspecified atom stereocenters. The number of amides is 2. The Kier molecular flexibility index (Phi) is 8.78. The number of hydrogen-bond donors (Lipinski definition) is 6. The summed E-state index contributed by atoms with van der Waals surface area (Å²) >= 11 is 0. The van der Waals surface area contributed by atoms with E-state index in [1.165, 1.54) is 0 Å². The number of carbonyl (C=O) groups excluding carboxylic acids is 4. The molecule has 0 aromatic heterocycles. The van der Waals surface area contributed by atoms with Gasteiger partial charge in [-0.25, -0.2) is 4.79 Å². The van der Waals surface area contributed by atoms with Gasteiger partial charge in [-0.1, -0.05) is 55.4 Å². The average molecular weight is 617 g/mol. The summed E-state index contributed by atoms with van der Waals surface area (Å²) in [5.74, 6) is -7.39. The molecule has 44 heavy (non-hydrogen) atoms. The van der Waals surface area contributed by atoms with E-state index in [0.717, 1.165) is 5.56 Å². The van der Waals surface area contributed by atoms with Crippen LogP contribution in [0.4, 0.5) is 4.79 Å². The summed E-state index contributed by atoms with van der Waals surface area (Å²) in [6, 6.07) is 1.76. The van der Waals surface area contributed by atoms with E-state index in [1.54, 1.807) is 26.8 Å². The molecular weight excluding hydrogens is 568 g/mol. The van der Waals surface area contributed by atoms with Gasteiger partial charge in [0.15, 0.2) is 17.2 Å². The van der Waals surface area contributed by atoms with Gasteiger partial charge in [0.1, 0.15) is 17.8 Å². The van der Waals surface area contributed by atoms with Gasteiger partial charge in [-0.15, -0.1) is 0 Å². The lowest BCUT2D eigenvalue weighted by Gasteiger charge is -2.66. The van der Waals surface area contributed by atoms with Crippen LogP contribution in [-0.4, -0.2) is 68.4 Å². The van der Waals surface area contributed by atoms with E-state index in [2.05, 4.69) is 5.32 Å².